The third-order valence-corrected chi connectivity index (χ3v) is 10.2. The van der Waals surface area contributed by atoms with Gasteiger partial charge in [-0.2, -0.15) is 0 Å². The lowest BCUT2D eigenvalue weighted by Gasteiger charge is -2.19. The second-order valence-corrected chi connectivity index (χ2v) is 16.2. The van der Waals surface area contributed by atoms with E-state index in [1.54, 1.807) is 24.3 Å². The van der Waals surface area contributed by atoms with Gasteiger partial charge in [0.25, 0.3) is 5.69 Å². The molecule has 26 heteroatoms. The Balaban J connectivity index is 1.44. The number of benzene rings is 2. The number of ketones is 1. The Morgan fingerprint density at radius 3 is 1.46 bits per heavy atom. The first-order valence-electron chi connectivity index (χ1n) is 25.3. The standard InChI is InChI=1S/C50H79N5O21/c1-40(46(57)38-42(4-2-14-52-49(51)60)48(59)54-43-7-5-41(6-8-43)39-75-50(61)76-45-11-9-44(10-12-45)55(62)63)53-47(58)13-17-65-19-21-67-23-25-69-27-29-71-31-33-73-35-37-74-36-34-72-32-30-70-28-26-68-24-22-66-20-18-64-16-3-15-56/h5-12,40,42,56H,2-4,13-39H2,1H3,(H,53,58)(H,54,59)(H3,51,52,60)/t40-,42+/m0/s1. The molecule has 2 aromatic carbocycles. The third-order valence-electron chi connectivity index (χ3n) is 10.2. The minimum atomic E-state index is -1.02. The molecule has 6 N–H and O–H groups in total. The molecule has 2 atom stereocenters. The molecule has 0 aromatic heterocycles. The van der Waals surface area contributed by atoms with Crippen molar-refractivity contribution in [3.8, 4) is 5.75 Å². The molecular formula is C50H79N5O21. The lowest BCUT2D eigenvalue weighted by molar-refractivity contribution is -0.384. The molecule has 0 aliphatic rings. The number of anilines is 1. The van der Waals surface area contributed by atoms with Crippen LogP contribution in [0.15, 0.2) is 48.5 Å². The number of rotatable bonds is 50. The fraction of sp³-hybridized carbons (Fsp3) is 0.660. The number of non-ortho nitro benzene ring substituents is 1. The van der Waals surface area contributed by atoms with Crippen molar-refractivity contribution in [3.63, 3.8) is 0 Å². The van der Waals surface area contributed by atoms with Crippen molar-refractivity contribution in [1.29, 1.82) is 0 Å². The summed E-state index contributed by atoms with van der Waals surface area (Å²) in [4.78, 5) is 72.6. The fourth-order valence-corrected chi connectivity index (χ4v) is 6.16. The van der Waals surface area contributed by atoms with E-state index in [1.807, 2.05) is 0 Å². The number of amides is 4. The summed E-state index contributed by atoms with van der Waals surface area (Å²) in [6.45, 7) is 10.9. The summed E-state index contributed by atoms with van der Waals surface area (Å²) in [5.74, 6) is -1.98. The Kier molecular flexibility index (Phi) is 40.0. The van der Waals surface area contributed by atoms with Gasteiger partial charge in [-0.05, 0) is 56.0 Å². The van der Waals surface area contributed by atoms with Gasteiger partial charge in [0, 0.05) is 56.3 Å². The van der Waals surface area contributed by atoms with E-state index < -0.39 is 40.9 Å². The molecule has 0 heterocycles. The number of aliphatic hydroxyl groups excluding tert-OH is 1. The predicted molar refractivity (Wildman–Crippen MR) is 272 cm³/mol. The van der Waals surface area contributed by atoms with Crippen LogP contribution in [0.1, 0.15) is 44.6 Å². The van der Waals surface area contributed by atoms with Gasteiger partial charge in [-0.1, -0.05) is 12.1 Å². The van der Waals surface area contributed by atoms with E-state index in [1.165, 1.54) is 31.2 Å². The summed E-state index contributed by atoms with van der Waals surface area (Å²) in [5.41, 5.74) is 5.96. The van der Waals surface area contributed by atoms with Crippen LogP contribution in [-0.4, -0.2) is 204 Å². The predicted octanol–water partition coefficient (Wildman–Crippen LogP) is 2.73. The van der Waals surface area contributed by atoms with Gasteiger partial charge in [-0.15, -0.1) is 0 Å². The summed E-state index contributed by atoms with van der Waals surface area (Å²) >= 11 is 0. The van der Waals surface area contributed by atoms with E-state index in [0.717, 1.165) is 0 Å². The molecule has 2 aromatic rings. The van der Waals surface area contributed by atoms with E-state index in [4.69, 9.17) is 72.4 Å². The van der Waals surface area contributed by atoms with E-state index in [9.17, 15) is 34.1 Å². The molecule has 0 radical (unpaired) electrons. The first-order chi connectivity index (χ1) is 37.0. The third kappa shape index (κ3) is 37.3. The van der Waals surface area contributed by atoms with Crippen molar-refractivity contribution in [2.45, 2.75) is 51.7 Å². The number of nitrogens with one attached hydrogen (secondary N) is 3. The molecule has 0 unspecified atom stereocenters. The molecule has 0 saturated carbocycles. The van der Waals surface area contributed by atoms with Crippen molar-refractivity contribution in [2.24, 2.45) is 11.7 Å². The summed E-state index contributed by atoms with van der Waals surface area (Å²) < 4.78 is 70.1. The van der Waals surface area contributed by atoms with Gasteiger partial charge >= 0.3 is 12.2 Å². The SMILES string of the molecule is C[C@H](NC(=O)CCOCCOCCOCCOCCOCCOCCOCCOCCOCCOCCOCCCO)C(=O)C[C@@H](CCCNC(N)=O)C(=O)Nc1ccc(COC(=O)Oc2ccc([N+](=O)[O-])cc2)cc1. The molecule has 0 fully saturated rings. The molecule has 430 valence electrons. The second kappa shape index (κ2) is 45.7. The van der Waals surface area contributed by atoms with Gasteiger partial charge in [-0.3, -0.25) is 24.5 Å². The van der Waals surface area contributed by atoms with Gasteiger partial charge in [0.15, 0.2) is 5.78 Å². The maximum Gasteiger partial charge on any atom is 0.514 e. The number of carbonyl (C=O) groups excluding carboxylic acids is 5. The number of nitro groups is 1. The Morgan fingerprint density at radius 2 is 1.04 bits per heavy atom. The highest BCUT2D eigenvalue weighted by Gasteiger charge is 2.26. The first-order valence-corrected chi connectivity index (χ1v) is 25.3. The molecule has 4 amide bonds. The molecule has 0 saturated heterocycles. The van der Waals surface area contributed by atoms with Gasteiger partial charge in [0.1, 0.15) is 12.4 Å². The molecule has 26 nitrogen and oxygen atoms in total. The minimum Gasteiger partial charge on any atom is -0.429 e. The first kappa shape index (κ1) is 66.6. The van der Waals surface area contributed by atoms with Crippen LogP contribution >= 0.6 is 0 Å². The lowest BCUT2D eigenvalue weighted by atomic mass is 9.93. The average Bonchev–Trinajstić information content (AvgIpc) is 3.40. The van der Waals surface area contributed by atoms with Gasteiger partial charge in [0.05, 0.1) is 150 Å². The maximum absolute atomic E-state index is 13.4. The highest BCUT2D eigenvalue weighted by atomic mass is 16.7. The number of hydrogen-bond acceptors (Lipinski definition) is 21. The highest BCUT2D eigenvalue weighted by molar-refractivity contribution is 5.97. The molecule has 76 heavy (non-hydrogen) atoms. The summed E-state index contributed by atoms with van der Waals surface area (Å²) in [6.07, 6.45) is -0.00734. The van der Waals surface area contributed by atoms with E-state index in [2.05, 4.69) is 16.0 Å². The zero-order valence-corrected chi connectivity index (χ0v) is 43.6. The van der Waals surface area contributed by atoms with E-state index in [0.29, 0.717) is 156 Å². The van der Waals surface area contributed by atoms with Crippen LogP contribution in [0.25, 0.3) is 0 Å². The smallest absolute Gasteiger partial charge is 0.429 e. The Morgan fingerprint density at radius 1 is 0.605 bits per heavy atom. The number of nitrogens with zero attached hydrogens (tertiary/aromatic N) is 1. The van der Waals surface area contributed by atoms with Gasteiger partial charge in [-0.25, -0.2) is 9.59 Å². The monoisotopic (exact) mass is 1090 g/mol. The number of carbonyl (C=O) groups is 5. The topological polar surface area (TPSA) is 331 Å². The maximum atomic E-state index is 13.4. The fourth-order valence-electron chi connectivity index (χ4n) is 6.16. The van der Waals surface area contributed by atoms with Crippen LogP contribution in [0.5, 0.6) is 5.75 Å². The van der Waals surface area contributed by atoms with Crippen LogP contribution < -0.4 is 26.4 Å². The van der Waals surface area contributed by atoms with Crippen molar-refractivity contribution < 1.29 is 95.6 Å². The molecule has 0 aliphatic heterocycles. The average molecular weight is 1090 g/mol. The van der Waals surface area contributed by atoms with Crippen molar-refractivity contribution in [1.82, 2.24) is 10.6 Å². The highest BCUT2D eigenvalue weighted by Crippen LogP contribution is 2.20. The number of hydrogen-bond donors (Lipinski definition) is 5. The minimum absolute atomic E-state index is 0.0000153. The number of aliphatic hydroxyl groups is 1. The van der Waals surface area contributed by atoms with E-state index >= 15 is 0 Å². The van der Waals surface area contributed by atoms with E-state index in [-0.39, 0.29) is 69.5 Å². The zero-order valence-electron chi connectivity index (χ0n) is 43.6. The largest absolute Gasteiger partial charge is 0.514 e. The zero-order chi connectivity index (χ0) is 55.1. The number of urea groups is 1. The number of ether oxygens (including phenoxy) is 13. The number of primary amides is 1. The molecule has 0 spiro atoms. The van der Waals surface area contributed by atoms with Crippen LogP contribution in [-0.2, 0) is 77.8 Å². The van der Waals surface area contributed by atoms with Crippen LogP contribution in [0.3, 0.4) is 0 Å². The Bertz CT molecular complexity index is 1850. The normalized spacial score (nSPS) is 11.9. The summed E-state index contributed by atoms with van der Waals surface area (Å²) in [7, 11) is 0. The van der Waals surface area contributed by atoms with Crippen molar-refractivity contribution >= 4 is 41.2 Å². The van der Waals surface area contributed by atoms with Crippen LogP contribution in [0, 0.1) is 16.0 Å². The van der Waals surface area contributed by atoms with Gasteiger partial charge in [0.2, 0.25) is 11.8 Å². The molecular weight excluding hydrogens is 1010 g/mol. The molecule has 0 bridgehead atoms. The lowest BCUT2D eigenvalue weighted by Crippen LogP contribution is -2.40. The Labute approximate surface area is 443 Å². The molecule has 0 aliphatic carbocycles. The Hall–Kier alpha value is -5.49. The number of nitro benzene ring substituents is 1. The second-order valence-electron chi connectivity index (χ2n) is 16.2. The van der Waals surface area contributed by atoms with Crippen LogP contribution in [0.4, 0.5) is 21.0 Å². The quantitative estimate of drug-likeness (QED) is 0.0209. The number of Topliss-reactive ketones (excluding diaryl/α,β-unsaturated/α-hetero) is 1. The van der Waals surface area contributed by atoms with Crippen molar-refractivity contribution in [3.05, 3.63) is 64.2 Å². The van der Waals surface area contributed by atoms with Crippen molar-refractivity contribution in [2.75, 3.05) is 164 Å². The van der Waals surface area contributed by atoms with Crippen LogP contribution in [0.2, 0.25) is 0 Å². The van der Waals surface area contributed by atoms with Gasteiger partial charge < -0.3 is 88.4 Å². The molecule has 2 rings (SSSR count). The number of nitrogens with two attached hydrogens (primary N) is 1. The summed E-state index contributed by atoms with van der Waals surface area (Å²) in [6, 6.07) is 9.67. The summed E-state index contributed by atoms with van der Waals surface area (Å²) in [5, 5.41) is 27.4.